The summed E-state index contributed by atoms with van der Waals surface area (Å²) in [4.78, 5) is 11.8. The average Bonchev–Trinajstić information content (AvgIpc) is 2.10. The molecule has 0 amide bonds. The summed E-state index contributed by atoms with van der Waals surface area (Å²) in [6, 6.07) is 3.20. The van der Waals surface area contributed by atoms with Crippen molar-refractivity contribution >= 4 is 23.3 Å². The van der Waals surface area contributed by atoms with Crippen LogP contribution in [-0.2, 0) is 4.74 Å². The van der Waals surface area contributed by atoms with Crippen LogP contribution in [0.4, 0.5) is 5.69 Å². The van der Waals surface area contributed by atoms with Gasteiger partial charge < -0.3 is 10.5 Å². The molecule has 0 aliphatic rings. The lowest BCUT2D eigenvalue weighted by molar-refractivity contribution is 0.00695. The van der Waals surface area contributed by atoms with Gasteiger partial charge in [0.15, 0.2) is 0 Å². The smallest absolute Gasteiger partial charge is 0.338 e. The molecule has 1 aromatic rings. The first-order valence-corrected chi connectivity index (χ1v) is 5.37. The van der Waals surface area contributed by atoms with Gasteiger partial charge in [-0.2, -0.15) is 0 Å². The highest BCUT2D eigenvalue weighted by molar-refractivity contribution is 6.33. The lowest BCUT2D eigenvalue weighted by Gasteiger charge is -2.19. The summed E-state index contributed by atoms with van der Waals surface area (Å²) in [5.41, 5.74) is 6.87. The Labute approximate surface area is 101 Å². The van der Waals surface area contributed by atoms with Crippen LogP contribution >= 0.6 is 11.6 Å². The monoisotopic (exact) mass is 241 g/mol. The highest BCUT2D eigenvalue weighted by Gasteiger charge is 2.19. The fourth-order valence-electron chi connectivity index (χ4n) is 1.21. The molecule has 88 valence electrons. The van der Waals surface area contributed by atoms with Crippen molar-refractivity contribution in [2.45, 2.75) is 33.3 Å². The van der Waals surface area contributed by atoms with Crippen molar-refractivity contribution < 1.29 is 9.53 Å². The lowest BCUT2D eigenvalue weighted by atomic mass is 10.1. The standard InChI is InChI=1S/C12H16ClNO2/c1-7-5-8(6-9(13)10(7)14)11(15)16-12(2,3)4/h5-6H,14H2,1-4H3. The van der Waals surface area contributed by atoms with Crippen molar-refractivity contribution in [3.63, 3.8) is 0 Å². The molecule has 0 unspecified atom stereocenters. The van der Waals surface area contributed by atoms with Gasteiger partial charge in [0.1, 0.15) is 5.60 Å². The van der Waals surface area contributed by atoms with Gasteiger partial charge in [-0.1, -0.05) is 11.6 Å². The average molecular weight is 242 g/mol. The van der Waals surface area contributed by atoms with Gasteiger partial charge in [0, 0.05) is 0 Å². The third-order valence-corrected chi connectivity index (χ3v) is 2.28. The normalized spacial score (nSPS) is 11.3. The van der Waals surface area contributed by atoms with Gasteiger partial charge >= 0.3 is 5.97 Å². The minimum atomic E-state index is -0.515. The van der Waals surface area contributed by atoms with E-state index in [1.54, 1.807) is 13.0 Å². The van der Waals surface area contributed by atoms with E-state index in [0.717, 1.165) is 5.56 Å². The van der Waals surface area contributed by atoms with Gasteiger partial charge in [0.2, 0.25) is 0 Å². The molecule has 0 bridgehead atoms. The number of anilines is 1. The summed E-state index contributed by atoms with van der Waals surface area (Å²) in [6.07, 6.45) is 0. The van der Waals surface area contributed by atoms with E-state index < -0.39 is 11.6 Å². The maximum absolute atomic E-state index is 11.8. The Morgan fingerprint density at radius 2 is 1.94 bits per heavy atom. The molecular weight excluding hydrogens is 226 g/mol. The number of halogens is 1. The summed E-state index contributed by atoms with van der Waals surface area (Å²) >= 11 is 5.90. The number of hydrogen-bond donors (Lipinski definition) is 1. The molecule has 0 aliphatic carbocycles. The number of carbonyl (C=O) groups is 1. The Balaban J connectivity index is 3.02. The third-order valence-electron chi connectivity index (χ3n) is 1.97. The topological polar surface area (TPSA) is 52.3 Å². The van der Waals surface area contributed by atoms with Crippen molar-refractivity contribution in [3.05, 3.63) is 28.3 Å². The number of rotatable bonds is 1. The fraction of sp³-hybridized carbons (Fsp3) is 0.417. The maximum Gasteiger partial charge on any atom is 0.338 e. The second-order valence-electron chi connectivity index (χ2n) is 4.69. The van der Waals surface area contributed by atoms with Crippen molar-refractivity contribution in [3.8, 4) is 0 Å². The molecule has 0 saturated heterocycles. The van der Waals surface area contributed by atoms with Gasteiger partial charge in [-0.25, -0.2) is 4.79 Å². The number of nitrogens with two attached hydrogens (primary N) is 1. The quantitative estimate of drug-likeness (QED) is 0.607. The van der Waals surface area contributed by atoms with Gasteiger partial charge in [-0.15, -0.1) is 0 Å². The second kappa shape index (κ2) is 4.34. The van der Waals surface area contributed by atoms with Crippen LogP contribution in [0, 0.1) is 6.92 Å². The minimum Gasteiger partial charge on any atom is -0.456 e. The van der Waals surface area contributed by atoms with E-state index in [0.29, 0.717) is 16.3 Å². The number of carbonyl (C=O) groups excluding carboxylic acids is 1. The van der Waals surface area contributed by atoms with E-state index in [9.17, 15) is 4.79 Å². The molecule has 0 aromatic heterocycles. The molecule has 4 heteroatoms. The highest BCUT2D eigenvalue weighted by Crippen LogP contribution is 2.25. The molecule has 0 spiro atoms. The van der Waals surface area contributed by atoms with Crippen molar-refractivity contribution in [2.24, 2.45) is 0 Å². The van der Waals surface area contributed by atoms with Crippen LogP contribution < -0.4 is 5.73 Å². The predicted molar refractivity (Wildman–Crippen MR) is 65.8 cm³/mol. The number of ether oxygens (including phenoxy) is 1. The molecule has 3 nitrogen and oxygen atoms in total. The van der Waals surface area contributed by atoms with Gasteiger partial charge in [-0.3, -0.25) is 0 Å². The number of esters is 1. The number of hydrogen-bond acceptors (Lipinski definition) is 3. The van der Waals surface area contributed by atoms with Gasteiger partial charge in [0.05, 0.1) is 16.3 Å². The molecule has 0 heterocycles. The predicted octanol–water partition coefficient (Wildman–Crippen LogP) is 3.19. The van der Waals surface area contributed by atoms with E-state index in [1.165, 1.54) is 6.07 Å². The number of aryl methyl sites for hydroxylation is 1. The molecule has 1 rings (SSSR count). The fourth-order valence-corrected chi connectivity index (χ4v) is 1.48. The van der Waals surface area contributed by atoms with Crippen LogP contribution in [0.5, 0.6) is 0 Å². The van der Waals surface area contributed by atoms with E-state index in [1.807, 2.05) is 20.8 Å². The van der Waals surface area contributed by atoms with Crippen LogP contribution in [0.1, 0.15) is 36.7 Å². The molecule has 0 radical (unpaired) electrons. The molecular formula is C12H16ClNO2. The van der Waals surface area contributed by atoms with Crippen molar-refractivity contribution in [1.82, 2.24) is 0 Å². The summed E-state index contributed by atoms with van der Waals surface area (Å²) in [6.45, 7) is 7.25. The Morgan fingerprint density at radius 1 is 1.38 bits per heavy atom. The van der Waals surface area contributed by atoms with E-state index >= 15 is 0 Å². The SMILES string of the molecule is Cc1cc(C(=O)OC(C)(C)C)cc(Cl)c1N. The number of benzene rings is 1. The Hall–Kier alpha value is -1.22. The summed E-state index contributed by atoms with van der Waals surface area (Å²) < 4.78 is 5.24. The zero-order chi connectivity index (χ0) is 12.5. The lowest BCUT2D eigenvalue weighted by Crippen LogP contribution is -2.24. The Morgan fingerprint density at radius 3 is 2.38 bits per heavy atom. The molecule has 0 saturated carbocycles. The van der Waals surface area contributed by atoms with Crippen LogP contribution in [0.25, 0.3) is 0 Å². The maximum atomic E-state index is 11.8. The molecule has 0 fully saturated rings. The second-order valence-corrected chi connectivity index (χ2v) is 5.10. The largest absolute Gasteiger partial charge is 0.456 e. The van der Waals surface area contributed by atoms with Crippen molar-refractivity contribution in [1.29, 1.82) is 0 Å². The van der Waals surface area contributed by atoms with E-state index in [2.05, 4.69) is 0 Å². The van der Waals surface area contributed by atoms with Crippen LogP contribution in [0.2, 0.25) is 5.02 Å². The molecule has 2 N–H and O–H groups in total. The minimum absolute atomic E-state index is 0.376. The van der Waals surface area contributed by atoms with Crippen LogP contribution in [0.3, 0.4) is 0 Å². The Kier molecular flexibility index (Phi) is 3.48. The van der Waals surface area contributed by atoms with E-state index in [-0.39, 0.29) is 0 Å². The van der Waals surface area contributed by atoms with Gasteiger partial charge in [0.25, 0.3) is 0 Å². The summed E-state index contributed by atoms with van der Waals surface area (Å²) in [5.74, 6) is -0.391. The highest BCUT2D eigenvalue weighted by atomic mass is 35.5. The third kappa shape index (κ3) is 3.14. The van der Waals surface area contributed by atoms with E-state index in [4.69, 9.17) is 22.1 Å². The van der Waals surface area contributed by atoms with Crippen LogP contribution in [-0.4, -0.2) is 11.6 Å². The van der Waals surface area contributed by atoms with Crippen molar-refractivity contribution in [2.75, 3.05) is 5.73 Å². The first-order chi connectivity index (χ1) is 7.20. The molecule has 0 aliphatic heterocycles. The molecule has 1 aromatic carbocycles. The summed E-state index contributed by atoms with van der Waals surface area (Å²) in [5, 5.41) is 0.376. The summed E-state index contributed by atoms with van der Waals surface area (Å²) in [7, 11) is 0. The molecule has 16 heavy (non-hydrogen) atoms. The molecule has 0 atom stereocenters. The Bertz CT molecular complexity index is 399. The first kappa shape index (κ1) is 12.8. The zero-order valence-corrected chi connectivity index (χ0v) is 10.7. The van der Waals surface area contributed by atoms with Gasteiger partial charge in [-0.05, 0) is 45.4 Å². The zero-order valence-electron chi connectivity index (χ0n) is 9.93. The number of nitrogen functional groups attached to an aromatic ring is 1. The van der Waals surface area contributed by atoms with Crippen LogP contribution in [0.15, 0.2) is 12.1 Å². The first-order valence-electron chi connectivity index (χ1n) is 4.99.